The van der Waals surface area contributed by atoms with Crippen LogP contribution in [0.2, 0.25) is 5.02 Å². The van der Waals surface area contributed by atoms with Crippen LogP contribution >= 0.6 is 11.6 Å². The number of halogens is 1. The maximum absolute atomic E-state index is 12.9. The molecule has 1 aliphatic rings. The fraction of sp³-hybridized carbons (Fsp3) is 0.250. The molecule has 2 amide bonds. The molecule has 4 rings (SSSR count). The zero-order valence-corrected chi connectivity index (χ0v) is 19.5. The van der Waals surface area contributed by atoms with E-state index in [9.17, 15) is 14.4 Å². The van der Waals surface area contributed by atoms with Crippen molar-refractivity contribution in [2.75, 3.05) is 20.2 Å². The topological polar surface area (TPSA) is 116 Å². The highest BCUT2D eigenvalue weighted by Crippen LogP contribution is 2.29. The number of benzene rings is 2. The number of fused-ring (bicyclic) bond motifs is 1. The van der Waals surface area contributed by atoms with Crippen molar-refractivity contribution in [2.24, 2.45) is 0 Å². The highest BCUT2D eigenvalue weighted by Gasteiger charge is 2.34. The first kappa shape index (κ1) is 23.5. The SMILES string of the molecule is CCOC(=O)C1=C(CN(C)Cc2nc3ccccc3c(=O)[nH]2)NC(=O)N[C@H]1c1ccc(Cl)cc1. The van der Waals surface area contributed by atoms with E-state index in [4.69, 9.17) is 16.3 Å². The highest BCUT2D eigenvalue weighted by molar-refractivity contribution is 6.30. The van der Waals surface area contributed by atoms with E-state index in [-0.39, 0.29) is 25.3 Å². The number of nitrogens with one attached hydrogen (secondary N) is 3. The molecule has 0 saturated carbocycles. The number of amides is 2. The van der Waals surface area contributed by atoms with Crippen LogP contribution in [-0.4, -0.2) is 47.1 Å². The third kappa shape index (κ3) is 5.11. The lowest BCUT2D eigenvalue weighted by Crippen LogP contribution is -2.48. The Bertz CT molecular complexity index is 1320. The first-order valence-corrected chi connectivity index (χ1v) is 11.1. The van der Waals surface area contributed by atoms with E-state index in [1.165, 1.54) is 0 Å². The van der Waals surface area contributed by atoms with Crippen LogP contribution < -0.4 is 16.2 Å². The van der Waals surface area contributed by atoms with Crippen molar-refractivity contribution in [1.29, 1.82) is 0 Å². The minimum atomic E-state index is -0.702. The molecule has 10 heteroatoms. The third-order valence-electron chi connectivity index (χ3n) is 5.36. The Kier molecular flexibility index (Phi) is 6.95. The molecule has 1 atom stereocenters. The molecule has 2 heterocycles. The Morgan fingerprint density at radius 3 is 2.59 bits per heavy atom. The van der Waals surface area contributed by atoms with Crippen LogP contribution in [0.25, 0.3) is 10.9 Å². The zero-order valence-electron chi connectivity index (χ0n) is 18.7. The van der Waals surface area contributed by atoms with Crippen LogP contribution in [0.4, 0.5) is 4.79 Å². The molecule has 0 aliphatic carbocycles. The van der Waals surface area contributed by atoms with E-state index in [1.54, 1.807) is 56.4 Å². The van der Waals surface area contributed by atoms with Crippen LogP contribution in [0.15, 0.2) is 64.6 Å². The number of carbonyl (C=O) groups excluding carboxylic acids is 2. The molecule has 1 aromatic heterocycles. The number of para-hydroxylation sites is 1. The molecular formula is C24H24ClN5O4. The van der Waals surface area contributed by atoms with Crippen LogP contribution in [-0.2, 0) is 16.1 Å². The van der Waals surface area contributed by atoms with Crippen LogP contribution in [0, 0.1) is 0 Å². The monoisotopic (exact) mass is 481 g/mol. The second kappa shape index (κ2) is 10.1. The molecule has 9 nitrogen and oxygen atoms in total. The van der Waals surface area contributed by atoms with Gasteiger partial charge in [0.05, 0.1) is 35.7 Å². The number of esters is 1. The summed E-state index contributed by atoms with van der Waals surface area (Å²) in [5.41, 5.74) is 1.78. The molecule has 0 spiro atoms. The number of rotatable bonds is 7. The van der Waals surface area contributed by atoms with E-state index >= 15 is 0 Å². The van der Waals surface area contributed by atoms with Crippen LogP contribution in [0.1, 0.15) is 24.4 Å². The van der Waals surface area contributed by atoms with Crippen molar-refractivity contribution in [3.8, 4) is 0 Å². The summed E-state index contributed by atoms with van der Waals surface area (Å²) in [7, 11) is 1.80. The summed E-state index contributed by atoms with van der Waals surface area (Å²) in [6.45, 7) is 2.41. The number of hydrogen-bond acceptors (Lipinski definition) is 6. The Hall–Kier alpha value is -3.69. The van der Waals surface area contributed by atoms with Crippen LogP contribution in [0.5, 0.6) is 0 Å². The molecule has 0 unspecified atom stereocenters. The van der Waals surface area contributed by atoms with Gasteiger partial charge in [-0.25, -0.2) is 14.6 Å². The van der Waals surface area contributed by atoms with E-state index < -0.39 is 18.0 Å². The minimum absolute atomic E-state index is 0.189. The largest absolute Gasteiger partial charge is 0.463 e. The molecule has 176 valence electrons. The van der Waals surface area contributed by atoms with Crippen molar-refractivity contribution in [3.05, 3.63) is 86.6 Å². The first-order valence-electron chi connectivity index (χ1n) is 10.7. The Morgan fingerprint density at radius 1 is 1.12 bits per heavy atom. The second-order valence-corrected chi connectivity index (χ2v) is 8.33. The van der Waals surface area contributed by atoms with Gasteiger partial charge in [0.2, 0.25) is 0 Å². The van der Waals surface area contributed by atoms with Gasteiger partial charge in [-0.3, -0.25) is 9.69 Å². The molecule has 0 fully saturated rings. The lowest BCUT2D eigenvalue weighted by molar-refractivity contribution is -0.139. The number of nitrogens with zero attached hydrogens (tertiary/aromatic N) is 2. The van der Waals surface area contributed by atoms with Crippen molar-refractivity contribution < 1.29 is 14.3 Å². The second-order valence-electron chi connectivity index (χ2n) is 7.90. The number of H-pyrrole nitrogens is 1. The molecule has 3 aromatic rings. The molecule has 34 heavy (non-hydrogen) atoms. The highest BCUT2D eigenvalue weighted by atomic mass is 35.5. The first-order chi connectivity index (χ1) is 16.4. The zero-order chi connectivity index (χ0) is 24.2. The average Bonchev–Trinajstić information content (AvgIpc) is 2.79. The van der Waals surface area contributed by atoms with Gasteiger partial charge in [0.25, 0.3) is 5.56 Å². The fourth-order valence-corrected chi connectivity index (χ4v) is 4.02. The standard InChI is InChI=1S/C24H24ClN5O4/c1-3-34-23(32)20-18(27-24(33)29-21(20)14-8-10-15(25)11-9-14)12-30(2)13-19-26-17-7-5-4-6-16(17)22(31)28-19/h4-11,21H,3,12-13H2,1-2H3,(H,26,28,31)(H2,27,29,33)/t21-/m0/s1. The maximum Gasteiger partial charge on any atom is 0.338 e. The lowest BCUT2D eigenvalue weighted by atomic mass is 9.95. The molecule has 0 bridgehead atoms. The number of aromatic amines is 1. The molecular weight excluding hydrogens is 458 g/mol. The van der Waals surface area contributed by atoms with E-state index in [0.29, 0.717) is 38.6 Å². The maximum atomic E-state index is 12.9. The van der Waals surface area contributed by atoms with Crippen molar-refractivity contribution in [3.63, 3.8) is 0 Å². The number of ether oxygens (including phenoxy) is 1. The quantitative estimate of drug-likeness (QED) is 0.447. The average molecular weight is 482 g/mol. The molecule has 3 N–H and O–H groups in total. The smallest absolute Gasteiger partial charge is 0.338 e. The molecule has 2 aromatic carbocycles. The number of hydrogen-bond donors (Lipinski definition) is 3. The third-order valence-corrected chi connectivity index (χ3v) is 5.61. The Balaban J connectivity index is 1.65. The number of urea groups is 1. The predicted molar refractivity (Wildman–Crippen MR) is 128 cm³/mol. The van der Waals surface area contributed by atoms with Gasteiger partial charge in [0.15, 0.2) is 0 Å². The normalized spacial score (nSPS) is 15.9. The van der Waals surface area contributed by atoms with Gasteiger partial charge in [0, 0.05) is 17.3 Å². The van der Waals surface area contributed by atoms with Gasteiger partial charge in [-0.1, -0.05) is 35.9 Å². The summed E-state index contributed by atoms with van der Waals surface area (Å²) in [5.74, 6) is -0.0606. The number of carbonyl (C=O) groups is 2. The Morgan fingerprint density at radius 2 is 1.85 bits per heavy atom. The van der Waals surface area contributed by atoms with Gasteiger partial charge in [0.1, 0.15) is 5.82 Å². The predicted octanol–water partition coefficient (Wildman–Crippen LogP) is 2.88. The van der Waals surface area contributed by atoms with Gasteiger partial charge in [-0.15, -0.1) is 0 Å². The summed E-state index contributed by atoms with van der Waals surface area (Å²) in [4.78, 5) is 46.9. The molecule has 1 aliphatic heterocycles. The van der Waals surface area contributed by atoms with Gasteiger partial charge >= 0.3 is 12.0 Å². The van der Waals surface area contributed by atoms with Crippen molar-refractivity contribution in [1.82, 2.24) is 25.5 Å². The summed E-state index contributed by atoms with van der Waals surface area (Å²) in [5, 5.41) is 6.59. The lowest BCUT2D eigenvalue weighted by Gasteiger charge is -2.31. The van der Waals surface area contributed by atoms with Gasteiger partial charge in [-0.05, 0) is 43.8 Å². The van der Waals surface area contributed by atoms with Crippen LogP contribution in [0.3, 0.4) is 0 Å². The number of aromatic nitrogens is 2. The van der Waals surface area contributed by atoms with E-state index in [1.807, 2.05) is 11.0 Å². The fourth-order valence-electron chi connectivity index (χ4n) is 3.89. The minimum Gasteiger partial charge on any atom is -0.463 e. The van der Waals surface area contributed by atoms with E-state index in [0.717, 1.165) is 0 Å². The Labute approximate surface area is 200 Å². The molecule has 0 radical (unpaired) electrons. The number of likely N-dealkylation sites (N-methyl/N-ethyl adjacent to an activating group) is 1. The molecule has 0 saturated heterocycles. The van der Waals surface area contributed by atoms with E-state index in [2.05, 4.69) is 20.6 Å². The van der Waals surface area contributed by atoms with Crippen molar-refractivity contribution in [2.45, 2.75) is 19.5 Å². The summed E-state index contributed by atoms with van der Waals surface area (Å²) < 4.78 is 5.29. The summed E-state index contributed by atoms with van der Waals surface area (Å²) in [6, 6.07) is 12.9. The van der Waals surface area contributed by atoms with Gasteiger partial charge < -0.3 is 20.4 Å². The van der Waals surface area contributed by atoms with Crippen molar-refractivity contribution >= 4 is 34.5 Å². The van der Waals surface area contributed by atoms with Gasteiger partial charge in [-0.2, -0.15) is 0 Å². The summed E-state index contributed by atoms with van der Waals surface area (Å²) >= 11 is 6.01. The summed E-state index contributed by atoms with van der Waals surface area (Å²) in [6.07, 6.45) is 0.